The van der Waals surface area contributed by atoms with Crippen LogP contribution < -0.4 is 5.32 Å². The molecule has 0 aromatic heterocycles. The number of ketones is 1. The van der Waals surface area contributed by atoms with Gasteiger partial charge in [0.1, 0.15) is 12.1 Å². The molecule has 1 fully saturated rings. The lowest BCUT2D eigenvalue weighted by Gasteiger charge is -2.22. The van der Waals surface area contributed by atoms with Crippen molar-refractivity contribution in [2.45, 2.75) is 33.2 Å². The Labute approximate surface area is 175 Å². The number of carbonyl (C=O) groups excluding carboxylic acids is 4. The van der Waals surface area contributed by atoms with Gasteiger partial charge < -0.3 is 10.1 Å². The van der Waals surface area contributed by atoms with Crippen molar-refractivity contribution in [3.8, 4) is 0 Å². The summed E-state index contributed by atoms with van der Waals surface area (Å²) < 4.78 is 5.03. The topological polar surface area (TPSA) is 92.8 Å². The molecule has 2 aromatic carbocycles. The SMILES string of the molecule is Cc1ccc([C@]2(C)NC(=O)N(CC(=O)OCC(=O)c3ccc(C)cc3C)C2=O)cc1. The predicted molar refractivity (Wildman–Crippen MR) is 110 cm³/mol. The van der Waals surface area contributed by atoms with Gasteiger partial charge in [0, 0.05) is 5.56 Å². The van der Waals surface area contributed by atoms with Crippen LogP contribution in [0.15, 0.2) is 42.5 Å². The highest BCUT2D eigenvalue weighted by Crippen LogP contribution is 2.28. The van der Waals surface area contributed by atoms with Gasteiger partial charge in [-0.1, -0.05) is 53.6 Å². The number of carbonyl (C=O) groups is 4. The fourth-order valence-corrected chi connectivity index (χ4v) is 3.45. The quantitative estimate of drug-likeness (QED) is 0.451. The minimum absolute atomic E-state index is 0.345. The van der Waals surface area contributed by atoms with E-state index in [1.165, 1.54) is 0 Å². The third kappa shape index (κ3) is 4.10. The molecule has 1 atom stereocenters. The van der Waals surface area contributed by atoms with Crippen LogP contribution in [0.1, 0.15) is 39.5 Å². The summed E-state index contributed by atoms with van der Waals surface area (Å²) in [6.07, 6.45) is 0. The molecule has 7 heteroatoms. The first-order valence-corrected chi connectivity index (χ1v) is 9.59. The van der Waals surface area contributed by atoms with Crippen molar-refractivity contribution >= 4 is 23.7 Å². The lowest BCUT2D eigenvalue weighted by atomic mass is 9.91. The van der Waals surface area contributed by atoms with Crippen molar-refractivity contribution < 1.29 is 23.9 Å². The van der Waals surface area contributed by atoms with E-state index in [1.54, 1.807) is 38.1 Å². The molecule has 0 aliphatic carbocycles. The van der Waals surface area contributed by atoms with Crippen molar-refractivity contribution in [2.75, 3.05) is 13.2 Å². The Bertz CT molecular complexity index is 1030. The molecule has 1 aliphatic rings. The predicted octanol–water partition coefficient (Wildman–Crippen LogP) is 2.80. The van der Waals surface area contributed by atoms with Crippen molar-refractivity contribution in [3.63, 3.8) is 0 Å². The second-order valence-corrected chi connectivity index (χ2v) is 7.71. The Morgan fingerprint density at radius 3 is 2.27 bits per heavy atom. The van der Waals surface area contributed by atoms with E-state index in [1.807, 2.05) is 32.0 Å². The normalized spacial score (nSPS) is 18.3. The maximum absolute atomic E-state index is 12.9. The van der Waals surface area contributed by atoms with Crippen LogP contribution in [0.3, 0.4) is 0 Å². The van der Waals surface area contributed by atoms with Gasteiger partial charge in [-0.25, -0.2) is 4.79 Å². The molecule has 1 heterocycles. The fourth-order valence-electron chi connectivity index (χ4n) is 3.45. The Hall–Kier alpha value is -3.48. The van der Waals surface area contributed by atoms with E-state index in [9.17, 15) is 19.2 Å². The molecule has 0 saturated carbocycles. The van der Waals surface area contributed by atoms with Gasteiger partial charge in [0.25, 0.3) is 5.91 Å². The van der Waals surface area contributed by atoms with E-state index < -0.39 is 36.6 Å². The molecule has 1 N–H and O–H groups in total. The van der Waals surface area contributed by atoms with E-state index in [2.05, 4.69) is 5.32 Å². The van der Waals surface area contributed by atoms with E-state index >= 15 is 0 Å². The van der Waals surface area contributed by atoms with Crippen LogP contribution in [-0.4, -0.2) is 41.7 Å². The van der Waals surface area contributed by atoms with Crippen LogP contribution in [0.2, 0.25) is 0 Å². The average molecular weight is 408 g/mol. The Morgan fingerprint density at radius 2 is 1.63 bits per heavy atom. The number of Topliss-reactive ketones (excluding diaryl/α,β-unsaturated/α-hetero) is 1. The molecule has 0 spiro atoms. The third-order valence-electron chi connectivity index (χ3n) is 5.24. The zero-order valence-corrected chi connectivity index (χ0v) is 17.4. The molecule has 3 rings (SSSR count). The molecule has 7 nitrogen and oxygen atoms in total. The number of rotatable bonds is 6. The van der Waals surface area contributed by atoms with Gasteiger partial charge in [0.15, 0.2) is 6.61 Å². The van der Waals surface area contributed by atoms with E-state index in [0.29, 0.717) is 11.1 Å². The third-order valence-corrected chi connectivity index (χ3v) is 5.24. The minimum atomic E-state index is -1.26. The Morgan fingerprint density at radius 1 is 1.00 bits per heavy atom. The van der Waals surface area contributed by atoms with Crippen molar-refractivity contribution in [3.05, 3.63) is 70.3 Å². The summed E-state index contributed by atoms with van der Waals surface area (Å²) >= 11 is 0. The smallest absolute Gasteiger partial charge is 0.326 e. The summed E-state index contributed by atoms with van der Waals surface area (Å²) in [6, 6.07) is 11.9. The van der Waals surface area contributed by atoms with Gasteiger partial charge in [-0.2, -0.15) is 0 Å². The number of imide groups is 1. The van der Waals surface area contributed by atoms with E-state index in [0.717, 1.165) is 21.6 Å². The van der Waals surface area contributed by atoms with Crippen LogP contribution in [0, 0.1) is 20.8 Å². The number of benzene rings is 2. The van der Waals surface area contributed by atoms with E-state index in [-0.39, 0.29) is 5.78 Å². The summed E-state index contributed by atoms with van der Waals surface area (Å²) in [5.41, 5.74) is 2.66. The maximum Gasteiger partial charge on any atom is 0.326 e. The number of esters is 1. The van der Waals surface area contributed by atoms with Crippen LogP contribution in [0.4, 0.5) is 4.79 Å². The largest absolute Gasteiger partial charge is 0.456 e. The molecule has 2 aromatic rings. The number of urea groups is 1. The number of amides is 3. The summed E-state index contributed by atoms with van der Waals surface area (Å²) in [4.78, 5) is 50.5. The molecule has 0 unspecified atom stereocenters. The first-order valence-electron chi connectivity index (χ1n) is 9.59. The maximum atomic E-state index is 12.9. The van der Waals surface area contributed by atoms with E-state index in [4.69, 9.17) is 4.74 Å². The summed E-state index contributed by atoms with van der Waals surface area (Å²) in [7, 11) is 0. The number of hydrogen-bond donors (Lipinski definition) is 1. The fraction of sp³-hybridized carbons (Fsp3) is 0.304. The standard InChI is InChI=1S/C23H24N2O5/c1-14-5-8-17(9-6-14)23(4)21(28)25(22(29)24-23)12-20(27)30-13-19(26)18-10-7-15(2)11-16(18)3/h5-11H,12-13H2,1-4H3,(H,24,29)/t23-/m0/s1. The van der Waals surface area contributed by atoms with Crippen LogP contribution in [0.5, 0.6) is 0 Å². The number of nitrogens with one attached hydrogen (secondary N) is 1. The molecule has 30 heavy (non-hydrogen) atoms. The van der Waals surface area contributed by atoms with Gasteiger partial charge in [-0.3, -0.25) is 19.3 Å². The lowest BCUT2D eigenvalue weighted by Crippen LogP contribution is -2.41. The zero-order chi connectivity index (χ0) is 22.1. The second kappa shape index (κ2) is 8.10. The molecule has 1 saturated heterocycles. The van der Waals surface area contributed by atoms with Gasteiger partial charge in [-0.15, -0.1) is 0 Å². The number of nitrogens with zero attached hydrogens (tertiary/aromatic N) is 1. The Balaban J connectivity index is 1.63. The molecule has 3 amide bonds. The molecule has 1 aliphatic heterocycles. The molecular formula is C23H24N2O5. The highest BCUT2D eigenvalue weighted by atomic mass is 16.5. The first-order chi connectivity index (χ1) is 14.1. The minimum Gasteiger partial charge on any atom is -0.456 e. The highest BCUT2D eigenvalue weighted by molar-refractivity contribution is 6.09. The molecule has 0 bridgehead atoms. The molecule has 156 valence electrons. The van der Waals surface area contributed by atoms with Gasteiger partial charge >= 0.3 is 12.0 Å². The Kier molecular flexibility index (Phi) is 5.73. The van der Waals surface area contributed by atoms with Gasteiger partial charge in [0.2, 0.25) is 5.78 Å². The van der Waals surface area contributed by atoms with Crippen LogP contribution in [-0.2, 0) is 19.9 Å². The monoisotopic (exact) mass is 408 g/mol. The summed E-state index contributed by atoms with van der Waals surface area (Å²) in [5.74, 6) is -1.72. The summed E-state index contributed by atoms with van der Waals surface area (Å²) in [5, 5.41) is 2.64. The number of ether oxygens (including phenoxy) is 1. The first kappa shape index (κ1) is 21.2. The van der Waals surface area contributed by atoms with Crippen molar-refractivity contribution in [2.24, 2.45) is 0 Å². The van der Waals surface area contributed by atoms with Crippen molar-refractivity contribution in [1.29, 1.82) is 0 Å². The lowest BCUT2D eigenvalue weighted by molar-refractivity contribution is -0.146. The number of hydrogen-bond acceptors (Lipinski definition) is 5. The summed E-state index contributed by atoms with van der Waals surface area (Å²) in [6.45, 7) is 6.22. The van der Waals surface area contributed by atoms with Crippen LogP contribution >= 0.6 is 0 Å². The highest BCUT2D eigenvalue weighted by Gasteiger charge is 2.49. The zero-order valence-electron chi connectivity index (χ0n) is 17.4. The van der Waals surface area contributed by atoms with Gasteiger partial charge in [-0.05, 0) is 38.8 Å². The number of aryl methyl sites for hydroxylation is 3. The second-order valence-electron chi connectivity index (χ2n) is 7.71. The van der Waals surface area contributed by atoms with Crippen molar-refractivity contribution in [1.82, 2.24) is 10.2 Å². The van der Waals surface area contributed by atoms with Crippen LogP contribution in [0.25, 0.3) is 0 Å². The van der Waals surface area contributed by atoms with Gasteiger partial charge in [0.05, 0.1) is 0 Å². The average Bonchev–Trinajstić information content (AvgIpc) is 2.90. The molecule has 0 radical (unpaired) electrons. The molecular weight excluding hydrogens is 384 g/mol.